The van der Waals surface area contributed by atoms with E-state index in [-0.39, 0.29) is 24.9 Å². The molecule has 3 N–H and O–H groups in total. The van der Waals surface area contributed by atoms with Crippen LogP contribution in [0.2, 0.25) is 0 Å². The Morgan fingerprint density at radius 2 is 0.815 bits per heavy atom. The fourth-order valence-corrected chi connectivity index (χ4v) is 8.59. The number of ether oxygens (including phenoxy) is 1. The first-order valence-electron chi connectivity index (χ1n) is 28.4. The molecule has 0 spiro atoms. The number of nitrogens with one attached hydrogen (secondary N) is 1. The molecule has 1 amide bonds. The summed E-state index contributed by atoms with van der Waals surface area (Å²) in [6.45, 7) is 6.45. The van der Waals surface area contributed by atoms with Gasteiger partial charge >= 0.3 is 5.97 Å². The summed E-state index contributed by atoms with van der Waals surface area (Å²) in [6.07, 6.45) is 64.8. The van der Waals surface area contributed by atoms with Crippen LogP contribution in [0.15, 0.2) is 48.6 Å². The van der Waals surface area contributed by atoms with Crippen molar-refractivity contribution in [2.75, 3.05) is 6.61 Å². The van der Waals surface area contributed by atoms with Gasteiger partial charge in [0.2, 0.25) is 5.91 Å². The lowest BCUT2D eigenvalue weighted by Gasteiger charge is -2.24. The second-order valence-electron chi connectivity index (χ2n) is 19.4. The van der Waals surface area contributed by atoms with E-state index in [1.165, 1.54) is 186 Å². The first-order chi connectivity index (χ1) is 32.0. The Morgan fingerprint density at radius 1 is 0.462 bits per heavy atom. The Hall–Kier alpha value is -2.18. The van der Waals surface area contributed by atoms with E-state index in [0.717, 1.165) is 57.8 Å². The second-order valence-corrected chi connectivity index (χ2v) is 19.4. The molecule has 3 atom stereocenters. The minimum atomic E-state index is -0.809. The molecule has 0 aliphatic carbocycles. The van der Waals surface area contributed by atoms with Gasteiger partial charge in [-0.3, -0.25) is 9.59 Å². The standard InChI is InChI=1S/C59H109NO5/c1-4-7-10-13-16-19-22-25-27-28-29-30-32-34-37-40-43-46-49-52-59(64)65-55(50-47-44-41-38-35-33-31-26-23-20-17-14-11-8-5-2)53-58(63)60-56(54-61)57(62)51-48-45-42-39-36-24-21-18-15-12-9-6-3/h17,20,26,31,35,38,44,47,55-57,61-62H,4-16,18-19,21-25,27-30,32-34,36-37,39-43,45-46,48-54H2,1-3H3,(H,60,63)/b20-17-,31-26-,38-35-,47-44-. The maximum absolute atomic E-state index is 13.2. The molecule has 0 aromatic rings. The molecule has 0 saturated heterocycles. The maximum Gasteiger partial charge on any atom is 0.306 e. The van der Waals surface area contributed by atoms with Crippen molar-refractivity contribution in [2.24, 2.45) is 0 Å². The van der Waals surface area contributed by atoms with Crippen molar-refractivity contribution in [2.45, 2.75) is 309 Å². The highest BCUT2D eigenvalue weighted by Crippen LogP contribution is 2.17. The average molecular weight is 913 g/mol. The fraction of sp³-hybridized carbons (Fsp3) is 0.831. The van der Waals surface area contributed by atoms with Crippen molar-refractivity contribution < 1.29 is 24.5 Å². The zero-order valence-electron chi connectivity index (χ0n) is 43.4. The SMILES string of the molecule is CCCCC/C=C\C/C=C\C/C=C\C/C=C\CC(CC(=O)NC(CO)C(O)CCCCCCCCCCCCCC)OC(=O)CCCCCCCCCCCCCCCCCCCCC. The van der Waals surface area contributed by atoms with Gasteiger partial charge in [-0.15, -0.1) is 0 Å². The molecule has 6 heteroatoms. The lowest BCUT2D eigenvalue weighted by molar-refractivity contribution is -0.150. The molecular weight excluding hydrogens is 803 g/mol. The number of aliphatic hydroxyl groups is 2. The molecule has 0 saturated carbocycles. The van der Waals surface area contributed by atoms with Gasteiger partial charge < -0.3 is 20.3 Å². The first-order valence-corrected chi connectivity index (χ1v) is 28.4. The van der Waals surface area contributed by atoms with Crippen LogP contribution in [-0.2, 0) is 14.3 Å². The van der Waals surface area contributed by atoms with Gasteiger partial charge in [0.15, 0.2) is 0 Å². The lowest BCUT2D eigenvalue weighted by atomic mass is 10.0. The zero-order valence-corrected chi connectivity index (χ0v) is 43.4. The monoisotopic (exact) mass is 912 g/mol. The van der Waals surface area contributed by atoms with Crippen molar-refractivity contribution in [3.05, 3.63) is 48.6 Å². The van der Waals surface area contributed by atoms with Gasteiger partial charge in [-0.25, -0.2) is 0 Å². The molecule has 65 heavy (non-hydrogen) atoms. The predicted octanol–water partition coefficient (Wildman–Crippen LogP) is 17.4. The molecule has 0 heterocycles. The number of carbonyl (C=O) groups excluding carboxylic acids is 2. The van der Waals surface area contributed by atoms with Crippen LogP contribution < -0.4 is 5.32 Å². The van der Waals surface area contributed by atoms with Gasteiger partial charge in [0.25, 0.3) is 0 Å². The van der Waals surface area contributed by atoms with Crippen LogP contribution in [0.3, 0.4) is 0 Å². The minimum Gasteiger partial charge on any atom is -0.461 e. The largest absolute Gasteiger partial charge is 0.461 e. The summed E-state index contributed by atoms with van der Waals surface area (Å²) < 4.78 is 5.89. The summed E-state index contributed by atoms with van der Waals surface area (Å²) in [5.41, 5.74) is 0. The highest BCUT2D eigenvalue weighted by atomic mass is 16.5. The van der Waals surface area contributed by atoms with Crippen LogP contribution in [0.1, 0.15) is 290 Å². The number of rotatable bonds is 51. The van der Waals surface area contributed by atoms with Crippen molar-refractivity contribution in [1.82, 2.24) is 5.32 Å². The quantitative estimate of drug-likeness (QED) is 0.0321. The van der Waals surface area contributed by atoms with Crippen molar-refractivity contribution in [1.29, 1.82) is 0 Å². The van der Waals surface area contributed by atoms with Crippen molar-refractivity contribution in [3.63, 3.8) is 0 Å². The molecule has 6 nitrogen and oxygen atoms in total. The number of hydrogen-bond donors (Lipinski definition) is 3. The molecule has 0 aromatic carbocycles. The summed E-state index contributed by atoms with van der Waals surface area (Å²) in [4.78, 5) is 26.2. The third kappa shape index (κ3) is 48.1. The van der Waals surface area contributed by atoms with E-state index < -0.39 is 18.2 Å². The van der Waals surface area contributed by atoms with Crippen LogP contribution in [0, 0.1) is 0 Å². The summed E-state index contributed by atoms with van der Waals surface area (Å²) >= 11 is 0. The molecule has 0 aliphatic rings. The maximum atomic E-state index is 13.2. The van der Waals surface area contributed by atoms with Crippen LogP contribution >= 0.6 is 0 Å². The summed E-state index contributed by atoms with van der Waals surface area (Å²) in [5, 5.41) is 23.8. The Balaban J connectivity index is 4.61. The third-order valence-corrected chi connectivity index (χ3v) is 12.9. The summed E-state index contributed by atoms with van der Waals surface area (Å²) in [6, 6.07) is -0.729. The van der Waals surface area contributed by atoms with Crippen molar-refractivity contribution >= 4 is 11.9 Å². The van der Waals surface area contributed by atoms with Gasteiger partial charge in [-0.2, -0.15) is 0 Å². The first kappa shape index (κ1) is 62.8. The number of aliphatic hydroxyl groups excluding tert-OH is 2. The Morgan fingerprint density at radius 3 is 1.23 bits per heavy atom. The minimum absolute atomic E-state index is 0.00474. The highest BCUT2D eigenvalue weighted by Gasteiger charge is 2.23. The second kappa shape index (κ2) is 52.8. The number of unbranched alkanes of at least 4 members (excludes halogenated alkanes) is 32. The molecule has 3 unspecified atom stereocenters. The van der Waals surface area contributed by atoms with E-state index in [2.05, 4.69) is 68.6 Å². The van der Waals surface area contributed by atoms with E-state index in [9.17, 15) is 19.8 Å². The number of carbonyl (C=O) groups is 2. The molecule has 0 fully saturated rings. The predicted molar refractivity (Wildman–Crippen MR) is 282 cm³/mol. The normalized spacial score (nSPS) is 13.5. The van der Waals surface area contributed by atoms with E-state index in [4.69, 9.17) is 4.74 Å². The molecule has 0 rings (SSSR count). The van der Waals surface area contributed by atoms with Crippen LogP contribution in [0.25, 0.3) is 0 Å². The number of hydrogen-bond acceptors (Lipinski definition) is 5. The fourth-order valence-electron chi connectivity index (χ4n) is 8.59. The van der Waals surface area contributed by atoms with Gasteiger partial charge in [0.05, 0.1) is 25.2 Å². The van der Waals surface area contributed by atoms with Crippen molar-refractivity contribution in [3.8, 4) is 0 Å². The number of allylic oxidation sites excluding steroid dienone is 7. The Bertz CT molecular complexity index is 1110. The number of esters is 1. The van der Waals surface area contributed by atoms with Gasteiger partial charge in [-0.05, 0) is 44.9 Å². The molecule has 0 aromatic heterocycles. The topological polar surface area (TPSA) is 95.9 Å². The zero-order chi connectivity index (χ0) is 47.4. The van der Waals surface area contributed by atoms with Gasteiger partial charge in [0.1, 0.15) is 6.10 Å². The van der Waals surface area contributed by atoms with Gasteiger partial charge in [-0.1, -0.05) is 275 Å². The lowest BCUT2D eigenvalue weighted by Crippen LogP contribution is -2.46. The smallest absolute Gasteiger partial charge is 0.306 e. The summed E-state index contributed by atoms with van der Waals surface area (Å²) in [7, 11) is 0. The Kier molecular flexibility index (Phi) is 51.0. The molecule has 380 valence electrons. The van der Waals surface area contributed by atoms with E-state index >= 15 is 0 Å². The summed E-state index contributed by atoms with van der Waals surface area (Å²) in [5.74, 6) is -0.564. The van der Waals surface area contributed by atoms with Crippen LogP contribution in [0.4, 0.5) is 0 Å². The Labute approximate surface area is 404 Å². The molecule has 0 bridgehead atoms. The third-order valence-electron chi connectivity index (χ3n) is 12.9. The number of amides is 1. The van der Waals surface area contributed by atoms with Crippen LogP contribution in [0.5, 0.6) is 0 Å². The van der Waals surface area contributed by atoms with Gasteiger partial charge in [0, 0.05) is 12.8 Å². The molecule has 0 radical (unpaired) electrons. The van der Waals surface area contributed by atoms with Crippen LogP contribution in [-0.4, -0.2) is 46.9 Å². The highest BCUT2D eigenvalue weighted by molar-refractivity contribution is 5.77. The molecule has 0 aliphatic heterocycles. The van der Waals surface area contributed by atoms with E-state index in [0.29, 0.717) is 19.3 Å². The average Bonchev–Trinajstić information content (AvgIpc) is 3.30. The van der Waals surface area contributed by atoms with E-state index in [1.54, 1.807) is 0 Å². The molecular formula is C59H109NO5. The van der Waals surface area contributed by atoms with E-state index in [1.807, 2.05) is 6.08 Å².